The summed E-state index contributed by atoms with van der Waals surface area (Å²) in [4.78, 5) is 127. The van der Waals surface area contributed by atoms with Crippen molar-refractivity contribution in [3.8, 4) is 0 Å². The molecule has 1 fully saturated rings. The Labute approximate surface area is 443 Å². The van der Waals surface area contributed by atoms with Crippen molar-refractivity contribution in [3.05, 3.63) is 47.2 Å². The van der Waals surface area contributed by atoms with E-state index in [2.05, 4.69) is 47.5 Å². The standard InChI is InChI=1S/C49H82N16O11/c1-28(58-45(73)39(37(66)26-53)63-41(69)31(54)11-4-6-20-50)40(68)57-27-38(67)59-33(13-8-22-52)46(74)65-24-10-15-36(65)44(72)62-35-25-29-16-18-30(19-17-29)49(2,3)64-48(55)56-23-9-14-34(47(75)76)61-42(70)32(60-43(35)71)12-5-7-21-51/h14,16-19,28,31-33,35-37,39,66H,4-13,15,20-27,50-54H2,1-3H3,(H,57,68)(H,58,73)(H,59,67)(H,60,71)(H,61,70)(H,62,72)(H,63,69)(H,75,76)(H3,55,56,64)/b34-14-/t28-,31-,32-,33+,35-,36-,37-,39-/m0/s1. The number of carbonyl (C=O) groups is 9. The summed E-state index contributed by atoms with van der Waals surface area (Å²) in [5.41, 5.74) is 35.0. The van der Waals surface area contributed by atoms with E-state index in [0.29, 0.717) is 44.2 Å². The highest BCUT2D eigenvalue weighted by Gasteiger charge is 2.40. The van der Waals surface area contributed by atoms with Gasteiger partial charge in [0.15, 0.2) is 5.96 Å². The normalized spacial score (nSPS) is 20.9. The van der Waals surface area contributed by atoms with Crippen molar-refractivity contribution in [3.63, 3.8) is 0 Å². The van der Waals surface area contributed by atoms with Crippen molar-refractivity contribution in [2.24, 2.45) is 39.4 Å². The molecule has 8 amide bonds. The topological polar surface area (TPSA) is 462 Å². The third kappa shape index (κ3) is 20.4. The Morgan fingerprint density at radius 1 is 0.868 bits per heavy atom. The van der Waals surface area contributed by atoms with Gasteiger partial charge in [0.2, 0.25) is 47.3 Å². The van der Waals surface area contributed by atoms with Crippen LogP contribution in [0.1, 0.15) is 103 Å². The van der Waals surface area contributed by atoms with Crippen LogP contribution in [-0.4, -0.2) is 169 Å². The number of carbonyl (C=O) groups excluding carboxylic acids is 8. The number of hydrogen-bond donors (Lipinski definition) is 16. The smallest absolute Gasteiger partial charge is 0.352 e. The molecule has 3 heterocycles. The molecule has 0 saturated carbocycles. The second-order valence-corrected chi connectivity index (χ2v) is 19.4. The number of rotatable bonds is 25. The molecule has 0 spiro atoms. The number of carboxylic acids is 1. The minimum absolute atomic E-state index is 0.0543. The summed E-state index contributed by atoms with van der Waals surface area (Å²) >= 11 is 0. The van der Waals surface area contributed by atoms with Crippen LogP contribution in [0.2, 0.25) is 0 Å². The number of guanidine groups is 1. The number of aliphatic hydroxyl groups is 1. The van der Waals surface area contributed by atoms with Gasteiger partial charge < -0.3 is 92.0 Å². The van der Waals surface area contributed by atoms with E-state index in [0.717, 1.165) is 5.56 Å². The summed E-state index contributed by atoms with van der Waals surface area (Å²) in [7, 11) is 0. The minimum atomic E-state index is -1.56. The quantitative estimate of drug-likeness (QED) is 0.0408. The number of likely N-dealkylation sites (tertiary alicyclic amines) is 1. The first-order valence-corrected chi connectivity index (χ1v) is 25.8. The summed E-state index contributed by atoms with van der Waals surface area (Å²) in [5, 5.41) is 41.2. The molecule has 3 aliphatic heterocycles. The van der Waals surface area contributed by atoms with Crippen molar-refractivity contribution >= 4 is 59.2 Å². The minimum Gasteiger partial charge on any atom is -0.477 e. The first kappa shape index (κ1) is 63.5. The van der Waals surface area contributed by atoms with Crippen molar-refractivity contribution in [1.29, 1.82) is 0 Å². The zero-order valence-corrected chi connectivity index (χ0v) is 43.9. The largest absolute Gasteiger partial charge is 0.477 e. The summed E-state index contributed by atoms with van der Waals surface area (Å²) in [5.74, 6) is -7.52. The molecule has 27 heteroatoms. The zero-order chi connectivity index (χ0) is 56.5. The van der Waals surface area contributed by atoms with E-state index in [4.69, 9.17) is 34.4 Å². The van der Waals surface area contributed by atoms with Gasteiger partial charge in [-0.15, -0.1) is 0 Å². The lowest BCUT2D eigenvalue weighted by molar-refractivity contribution is -0.142. The molecule has 0 aliphatic carbocycles. The number of unbranched alkanes of at least 4 members (excludes halogenated alkanes) is 2. The first-order valence-electron chi connectivity index (χ1n) is 25.8. The number of aliphatic carboxylic acids is 1. The Kier molecular flexibility index (Phi) is 26.7. The second kappa shape index (κ2) is 32.0. The molecule has 4 rings (SSSR count). The highest BCUT2D eigenvalue weighted by Crippen LogP contribution is 2.23. The third-order valence-corrected chi connectivity index (χ3v) is 12.9. The van der Waals surface area contributed by atoms with E-state index in [1.54, 1.807) is 12.1 Å². The number of carboxylic acid groups (broad SMARTS) is 1. The van der Waals surface area contributed by atoms with Crippen LogP contribution in [-0.2, 0) is 55.1 Å². The fourth-order valence-electron chi connectivity index (χ4n) is 8.43. The van der Waals surface area contributed by atoms with Gasteiger partial charge in [-0.05, 0) is 116 Å². The Morgan fingerprint density at radius 3 is 2.18 bits per heavy atom. The molecule has 0 unspecified atom stereocenters. The summed E-state index contributed by atoms with van der Waals surface area (Å²) in [6.07, 6.45) is 3.08. The number of benzene rings is 1. The maximum absolute atomic E-state index is 14.4. The fourth-order valence-corrected chi connectivity index (χ4v) is 8.43. The summed E-state index contributed by atoms with van der Waals surface area (Å²) in [6.45, 7) is 5.03. The molecular formula is C49H82N16O11. The number of nitrogens with one attached hydrogen (secondary N) is 8. The molecule has 22 N–H and O–H groups in total. The SMILES string of the molecule is C[C@H](NC(=O)[C@@H](NC(=O)[C@@H](N)CCCCN)[C@@H](O)CN)C(=O)NCC(=O)N[C@H](CCCN)C(=O)N1CCC[C@H]1C(=O)N[C@H]1Cc2ccc(cc2)C(C)(C)NC(N)=NCC/C=C(/C(=O)O)NC(=O)[C@H](CCCCN)NC1=O. The Morgan fingerprint density at radius 2 is 1.54 bits per heavy atom. The predicted octanol–water partition coefficient (Wildman–Crippen LogP) is -4.95. The molecule has 76 heavy (non-hydrogen) atoms. The number of nitrogens with two attached hydrogens (primary N) is 6. The van der Waals surface area contributed by atoms with Gasteiger partial charge in [-0.2, -0.15) is 0 Å². The van der Waals surface area contributed by atoms with E-state index in [1.165, 1.54) is 17.9 Å². The first-order chi connectivity index (χ1) is 36.1. The van der Waals surface area contributed by atoms with Gasteiger partial charge in [0.05, 0.1) is 24.2 Å². The van der Waals surface area contributed by atoms with Crippen LogP contribution in [0.25, 0.3) is 0 Å². The summed E-state index contributed by atoms with van der Waals surface area (Å²) in [6, 6.07) is -1.55. The van der Waals surface area contributed by atoms with Crippen LogP contribution in [0, 0.1) is 0 Å². The third-order valence-electron chi connectivity index (χ3n) is 12.9. The van der Waals surface area contributed by atoms with E-state index in [-0.39, 0.29) is 77.1 Å². The van der Waals surface area contributed by atoms with Crippen LogP contribution in [0.15, 0.2) is 41.0 Å². The number of nitrogens with zero attached hydrogens (tertiary/aromatic N) is 2. The van der Waals surface area contributed by atoms with Crippen molar-refractivity contribution < 1.29 is 53.4 Å². The average Bonchev–Trinajstić information content (AvgIpc) is 3.88. The van der Waals surface area contributed by atoms with Crippen molar-refractivity contribution in [2.45, 2.75) is 152 Å². The Balaban J connectivity index is 1.82. The highest BCUT2D eigenvalue weighted by molar-refractivity contribution is 5.99. The lowest BCUT2D eigenvalue weighted by atomic mass is 9.92. The predicted molar refractivity (Wildman–Crippen MR) is 281 cm³/mol. The molecule has 424 valence electrons. The number of fused-ring (bicyclic) bond motifs is 14. The van der Waals surface area contributed by atoms with Gasteiger partial charge in [-0.1, -0.05) is 36.8 Å². The number of aliphatic imine (C=N–C) groups is 1. The van der Waals surface area contributed by atoms with E-state index in [1.807, 2.05) is 26.0 Å². The fraction of sp³-hybridized carbons (Fsp3) is 0.633. The monoisotopic (exact) mass is 1070 g/mol. The highest BCUT2D eigenvalue weighted by atomic mass is 16.4. The van der Waals surface area contributed by atoms with E-state index >= 15 is 0 Å². The summed E-state index contributed by atoms with van der Waals surface area (Å²) < 4.78 is 0. The maximum Gasteiger partial charge on any atom is 0.352 e. The molecule has 1 aromatic carbocycles. The van der Waals surface area contributed by atoms with Gasteiger partial charge in [0, 0.05) is 26.1 Å². The van der Waals surface area contributed by atoms with Crippen molar-refractivity contribution in [1.82, 2.24) is 47.4 Å². The zero-order valence-electron chi connectivity index (χ0n) is 43.9. The molecule has 3 aliphatic rings. The van der Waals surface area contributed by atoms with Crippen LogP contribution in [0.4, 0.5) is 0 Å². The number of aliphatic hydroxyl groups excluding tert-OH is 1. The van der Waals surface area contributed by atoms with Crippen LogP contribution < -0.4 is 76.9 Å². The molecular weight excluding hydrogens is 989 g/mol. The molecule has 27 nitrogen and oxygen atoms in total. The van der Waals surface area contributed by atoms with Crippen LogP contribution >= 0.6 is 0 Å². The molecule has 0 aromatic heterocycles. The van der Waals surface area contributed by atoms with Gasteiger partial charge in [-0.3, -0.25) is 43.3 Å². The van der Waals surface area contributed by atoms with Crippen LogP contribution in [0.3, 0.4) is 0 Å². The molecule has 1 saturated heterocycles. The van der Waals surface area contributed by atoms with Gasteiger partial charge >= 0.3 is 5.97 Å². The Hall–Kier alpha value is -6.78. The number of amides is 8. The van der Waals surface area contributed by atoms with Gasteiger partial charge in [0.1, 0.15) is 41.9 Å². The Bertz CT molecular complexity index is 2210. The van der Waals surface area contributed by atoms with E-state index in [9.17, 15) is 53.4 Å². The van der Waals surface area contributed by atoms with E-state index < -0.39 is 126 Å². The molecule has 0 radical (unpaired) electrons. The lowest BCUT2D eigenvalue weighted by Crippen LogP contribution is -2.60. The molecule has 2 bridgehead atoms. The average molecular weight is 1070 g/mol. The molecule has 1 aromatic rings. The maximum atomic E-state index is 14.4. The van der Waals surface area contributed by atoms with Crippen LogP contribution in [0.5, 0.6) is 0 Å². The van der Waals surface area contributed by atoms with Gasteiger partial charge in [-0.25, -0.2) is 4.79 Å². The second-order valence-electron chi connectivity index (χ2n) is 19.4. The number of hydrogen-bond acceptors (Lipinski definition) is 18. The van der Waals surface area contributed by atoms with Gasteiger partial charge in [0.25, 0.3) is 0 Å². The molecule has 8 atom stereocenters. The van der Waals surface area contributed by atoms with Crippen molar-refractivity contribution in [2.75, 3.05) is 45.8 Å². The lowest BCUT2D eigenvalue weighted by Gasteiger charge is -2.30.